The molecule has 1 aromatic heterocycles. The minimum absolute atomic E-state index is 0.269. The van der Waals surface area contributed by atoms with Crippen LogP contribution >= 0.6 is 11.3 Å². The summed E-state index contributed by atoms with van der Waals surface area (Å²) in [6.07, 6.45) is 1.02. The SMILES string of the molecule is C=C(CN1CCc2sccc2C1C)C(=O)O. The molecule has 0 spiro atoms. The fraction of sp³-hybridized carbons (Fsp3) is 0.417. The maximum Gasteiger partial charge on any atom is 0.332 e. The van der Waals surface area contributed by atoms with Gasteiger partial charge in [0, 0.05) is 29.6 Å². The van der Waals surface area contributed by atoms with E-state index in [0.29, 0.717) is 12.6 Å². The summed E-state index contributed by atoms with van der Waals surface area (Å²) in [4.78, 5) is 14.4. The van der Waals surface area contributed by atoms with E-state index in [1.165, 1.54) is 10.4 Å². The third-order valence-corrected chi connectivity index (χ3v) is 4.10. The minimum atomic E-state index is -0.900. The second-order valence-electron chi connectivity index (χ2n) is 4.10. The van der Waals surface area contributed by atoms with Crippen molar-refractivity contribution in [2.24, 2.45) is 0 Å². The lowest BCUT2D eigenvalue weighted by Crippen LogP contribution is -2.35. The largest absolute Gasteiger partial charge is 0.478 e. The lowest BCUT2D eigenvalue weighted by atomic mass is 10.0. The first-order valence-corrected chi connectivity index (χ1v) is 6.19. The highest BCUT2D eigenvalue weighted by Gasteiger charge is 2.25. The van der Waals surface area contributed by atoms with Gasteiger partial charge in [-0.2, -0.15) is 0 Å². The molecule has 1 aliphatic rings. The van der Waals surface area contributed by atoms with Crippen molar-refractivity contribution in [1.29, 1.82) is 0 Å². The van der Waals surface area contributed by atoms with Crippen molar-refractivity contribution >= 4 is 17.3 Å². The van der Waals surface area contributed by atoms with Gasteiger partial charge in [-0.05, 0) is 30.4 Å². The zero-order valence-corrected chi connectivity index (χ0v) is 10.1. The number of carbonyl (C=O) groups is 1. The normalized spacial score (nSPS) is 20.4. The third-order valence-electron chi connectivity index (χ3n) is 3.10. The van der Waals surface area contributed by atoms with Gasteiger partial charge < -0.3 is 5.11 Å². The van der Waals surface area contributed by atoms with Crippen LogP contribution in [-0.4, -0.2) is 29.1 Å². The van der Waals surface area contributed by atoms with Gasteiger partial charge in [0.2, 0.25) is 0 Å². The van der Waals surface area contributed by atoms with Crippen LogP contribution in [0.4, 0.5) is 0 Å². The third kappa shape index (κ3) is 2.03. The molecule has 0 saturated carbocycles. The van der Waals surface area contributed by atoms with Gasteiger partial charge in [0.05, 0.1) is 0 Å². The number of nitrogens with zero attached hydrogens (tertiary/aromatic N) is 1. The summed E-state index contributed by atoms with van der Waals surface area (Å²) >= 11 is 1.79. The number of fused-ring (bicyclic) bond motifs is 1. The Kier molecular flexibility index (Phi) is 3.12. The molecule has 0 aliphatic carbocycles. The van der Waals surface area contributed by atoms with Crippen LogP contribution in [-0.2, 0) is 11.2 Å². The standard InChI is InChI=1S/C12H15NO2S/c1-8(12(14)15)7-13-5-3-11-10(9(13)2)4-6-16-11/h4,6,9H,1,3,5,7H2,2H3,(H,14,15). The van der Waals surface area contributed by atoms with Crippen molar-refractivity contribution in [3.63, 3.8) is 0 Å². The number of rotatable bonds is 3. The Morgan fingerprint density at radius 2 is 2.50 bits per heavy atom. The smallest absolute Gasteiger partial charge is 0.332 e. The van der Waals surface area contributed by atoms with Crippen LogP contribution in [0, 0.1) is 0 Å². The highest BCUT2D eigenvalue weighted by Crippen LogP contribution is 2.32. The summed E-state index contributed by atoms with van der Waals surface area (Å²) in [7, 11) is 0. The minimum Gasteiger partial charge on any atom is -0.478 e. The summed E-state index contributed by atoms with van der Waals surface area (Å²) in [6.45, 7) is 7.08. The first kappa shape index (κ1) is 11.4. The van der Waals surface area contributed by atoms with Crippen LogP contribution < -0.4 is 0 Å². The molecule has 1 unspecified atom stereocenters. The zero-order valence-electron chi connectivity index (χ0n) is 9.27. The van der Waals surface area contributed by atoms with Crippen molar-refractivity contribution < 1.29 is 9.90 Å². The van der Waals surface area contributed by atoms with Crippen molar-refractivity contribution in [3.8, 4) is 0 Å². The quantitative estimate of drug-likeness (QED) is 0.820. The van der Waals surface area contributed by atoms with E-state index in [0.717, 1.165) is 13.0 Å². The Morgan fingerprint density at radius 1 is 1.75 bits per heavy atom. The monoisotopic (exact) mass is 237 g/mol. The van der Waals surface area contributed by atoms with Gasteiger partial charge in [-0.3, -0.25) is 4.90 Å². The van der Waals surface area contributed by atoms with Crippen LogP contribution in [0.15, 0.2) is 23.6 Å². The summed E-state index contributed by atoms with van der Waals surface area (Å²) in [5.41, 5.74) is 1.61. The van der Waals surface area contributed by atoms with Crippen LogP contribution in [0.25, 0.3) is 0 Å². The summed E-state index contributed by atoms with van der Waals surface area (Å²) in [5, 5.41) is 10.9. The number of carboxylic acids is 1. The summed E-state index contributed by atoms with van der Waals surface area (Å²) in [5.74, 6) is -0.900. The van der Waals surface area contributed by atoms with E-state index >= 15 is 0 Å². The van der Waals surface area contributed by atoms with E-state index in [2.05, 4.69) is 29.8 Å². The van der Waals surface area contributed by atoms with E-state index in [1.54, 1.807) is 11.3 Å². The van der Waals surface area contributed by atoms with Crippen molar-refractivity contribution in [2.75, 3.05) is 13.1 Å². The molecule has 0 amide bonds. The molecule has 1 atom stereocenters. The van der Waals surface area contributed by atoms with Gasteiger partial charge in [0.25, 0.3) is 0 Å². The highest BCUT2D eigenvalue weighted by atomic mass is 32.1. The lowest BCUT2D eigenvalue weighted by Gasteiger charge is -2.33. The van der Waals surface area contributed by atoms with E-state index < -0.39 is 5.97 Å². The van der Waals surface area contributed by atoms with Gasteiger partial charge in [0.1, 0.15) is 0 Å². The number of aliphatic carboxylic acids is 1. The summed E-state index contributed by atoms with van der Waals surface area (Å²) in [6, 6.07) is 2.44. The van der Waals surface area contributed by atoms with Crippen molar-refractivity contribution in [2.45, 2.75) is 19.4 Å². The maximum absolute atomic E-state index is 10.8. The second-order valence-corrected chi connectivity index (χ2v) is 5.10. The van der Waals surface area contributed by atoms with Crippen molar-refractivity contribution in [3.05, 3.63) is 34.0 Å². The number of thiophene rings is 1. The van der Waals surface area contributed by atoms with E-state index in [-0.39, 0.29) is 5.57 Å². The molecular weight excluding hydrogens is 222 g/mol. The number of hydrogen-bond acceptors (Lipinski definition) is 3. The van der Waals surface area contributed by atoms with Crippen LogP contribution in [0.1, 0.15) is 23.4 Å². The zero-order chi connectivity index (χ0) is 11.7. The van der Waals surface area contributed by atoms with Crippen molar-refractivity contribution in [1.82, 2.24) is 4.90 Å². The van der Waals surface area contributed by atoms with Gasteiger partial charge in [-0.25, -0.2) is 4.79 Å². The first-order valence-electron chi connectivity index (χ1n) is 5.31. The molecule has 0 saturated heterocycles. The fourth-order valence-electron chi connectivity index (χ4n) is 2.09. The van der Waals surface area contributed by atoms with Crippen LogP contribution in [0.5, 0.6) is 0 Å². The topological polar surface area (TPSA) is 40.5 Å². The fourth-order valence-corrected chi connectivity index (χ4v) is 3.05. The maximum atomic E-state index is 10.8. The van der Waals surface area contributed by atoms with Gasteiger partial charge in [-0.1, -0.05) is 6.58 Å². The molecule has 0 aromatic carbocycles. The van der Waals surface area contributed by atoms with E-state index in [1.807, 2.05) is 0 Å². The molecule has 2 heterocycles. The molecule has 3 nitrogen and oxygen atoms in total. The van der Waals surface area contributed by atoms with Gasteiger partial charge in [0.15, 0.2) is 0 Å². The lowest BCUT2D eigenvalue weighted by molar-refractivity contribution is -0.133. The predicted octanol–water partition coefficient (Wildman–Crippen LogP) is 2.31. The molecule has 2 rings (SSSR count). The number of carboxylic acid groups (broad SMARTS) is 1. The Bertz CT molecular complexity index is 424. The van der Waals surface area contributed by atoms with Crippen LogP contribution in [0.2, 0.25) is 0 Å². The molecule has 0 bridgehead atoms. The van der Waals surface area contributed by atoms with E-state index in [9.17, 15) is 4.79 Å². The Balaban J connectivity index is 2.10. The second kappa shape index (κ2) is 4.39. The van der Waals surface area contributed by atoms with Crippen LogP contribution in [0.3, 0.4) is 0 Å². The molecule has 1 aromatic rings. The van der Waals surface area contributed by atoms with Gasteiger partial charge in [-0.15, -0.1) is 11.3 Å². The highest BCUT2D eigenvalue weighted by molar-refractivity contribution is 7.10. The average molecular weight is 237 g/mol. The molecule has 86 valence electrons. The molecule has 0 radical (unpaired) electrons. The molecular formula is C12H15NO2S. The Hall–Kier alpha value is -1.13. The molecule has 1 aliphatic heterocycles. The predicted molar refractivity (Wildman–Crippen MR) is 64.8 cm³/mol. The Morgan fingerprint density at radius 3 is 3.19 bits per heavy atom. The number of hydrogen-bond donors (Lipinski definition) is 1. The molecule has 16 heavy (non-hydrogen) atoms. The first-order chi connectivity index (χ1) is 7.59. The summed E-state index contributed by atoms with van der Waals surface area (Å²) < 4.78 is 0. The molecule has 0 fully saturated rings. The molecule has 4 heteroatoms. The average Bonchev–Trinajstić information content (AvgIpc) is 2.70. The molecule has 1 N–H and O–H groups in total. The Labute approximate surface area is 99.0 Å². The van der Waals surface area contributed by atoms with Gasteiger partial charge >= 0.3 is 5.97 Å². The van der Waals surface area contributed by atoms with E-state index in [4.69, 9.17) is 5.11 Å².